The number of methoxy groups -OCH3 is 1. The number of hydrogen-bond acceptors (Lipinski definition) is 14. The molecule has 3 aliphatic rings. The summed E-state index contributed by atoms with van der Waals surface area (Å²) in [6, 6.07) is -0.808. The Bertz CT molecular complexity index is 1150. The molecule has 3 heterocycles. The number of hydrogen-bond donors (Lipinski definition) is 5. The number of rotatable bonds is 7. The molecule has 15 heteroatoms. The zero-order valence-electron chi connectivity index (χ0n) is 35.2. The van der Waals surface area contributed by atoms with E-state index in [1.807, 2.05) is 51.7 Å². The zero-order chi connectivity index (χ0) is 39.7. The van der Waals surface area contributed by atoms with E-state index < -0.39 is 96.0 Å². The second kappa shape index (κ2) is 20.1. The van der Waals surface area contributed by atoms with Crippen LogP contribution in [0.3, 0.4) is 0 Å². The number of esters is 1. The van der Waals surface area contributed by atoms with Gasteiger partial charge < -0.3 is 63.8 Å². The predicted octanol–water partition coefficient (Wildman–Crippen LogP) is -1.10. The number of nitrogens with zero attached hydrogens (tertiary/aromatic N) is 2. The summed E-state index contributed by atoms with van der Waals surface area (Å²) in [6.45, 7) is 18.0. The van der Waals surface area contributed by atoms with E-state index >= 15 is 0 Å². The van der Waals surface area contributed by atoms with Gasteiger partial charge in [0.1, 0.15) is 30.0 Å². The maximum absolute atomic E-state index is 14.2. The van der Waals surface area contributed by atoms with E-state index in [4.69, 9.17) is 28.4 Å². The normalized spacial score (nSPS) is 48.7. The molecule has 0 aromatic rings. The van der Waals surface area contributed by atoms with Crippen molar-refractivity contribution in [1.29, 1.82) is 0 Å². The molecule has 18 atom stereocenters. The fourth-order valence-electron chi connectivity index (χ4n) is 8.74. The summed E-state index contributed by atoms with van der Waals surface area (Å²) >= 11 is 0. The molecule has 0 aromatic heterocycles. The van der Waals surface area contributed by atoms with Crippen molar-refractivity contribution in [2.24, 2.45) is 17.8 Å². The maximum Gasteiger partial charge on any atom is 1.00 e. The van der Waals surface area contributed by atoms with Crippen molar-refractivity contribution in [1.82, 2.24) is 9.80 Å². The minimum Gasteiger partial charge on any atom is -0.459 e. The SMILES string of the molecule is CC[C@H]1OC(=O)[C@H](C)[C@@H](O[C@H]2C[C@@](C)(OC)[C@@H](O)[C@H](C)O2)[C@H](C)[C@@H](O[C@@H]2O[C@H](C)C[C@H](N(C)C)[C@H]2O)[C@](C)(O)C[C@@H](C)CN(C)[C@H](C)[C@@H](O)[C@]1(C)O.[K+]. The molecule has 0 aromatic carbocycles. The number of aliphatic hydroxyl groups excluding tert-OH is 3. The van der Waals surface area contributed by atoms with Gasteiger partial charge in [0.2, 0.25) is 0 Å². The smallest absolute Gasteiger partial charge is 0.459 e. The Morgan fingerprint density at radius 1 is 0.943 bits per heavy atom. The van der Waals surface area contributed by atoms with Crippen molar-refractivity contribution in [3.8, 4) is 0 Å². The Kier molecular flexibility index (Phi) is 18.8. The molecule has 3 aliphatic heterocycles. The minimum absolute atomic E-state index is 0. The predicted molar refractivity (Wildman–Crippen MR) is 194 cm³/mol. The van der Waals surface area contributed by atoms with E-state index in [1.165, 1.54) is 14.0 Å². The van der Waals surface area contributed by atoms with Gasteiger partial charge in [0, 0.05) is 38.1 Å². The van der Waals surface area contributed by atoms with Crippen LogP contribution in [0.1, 0.15) is 94.9 Å². The van der Waals surface area contributed by atoms with Crippen molar-refractivity contribution in [2.45, 2.75) is 185 Å². The molecule has 5 N–H and O–H groups in total. The third-order valence-electron chi connectivity index (χ3n) is 12.2. The first-order chi connectivity index (χ1) is 23.9. The van der Waals surface area contributed by atoms with Crippen molar-refractivity contribution in [2.75, 3.05) is 34.8 Å². The summed E-state index contributed by atoms with van der Waals surface area (Å²) in [5.41, 5.74) is -4.37. The average Bonchev–Trinajstić information content (AvgIpc) is 3.05. The van der Waals surface area contributed by atoms with Crippen LogP contribution in [0, 0.1) is 17.8 Å². The van der Waals surface area contributed by atoms with Crippen LogP contribution < -0.4 is 51.4 Å². The van der Waals surface area contributed by atoms with E-state index in [2.05, 4.69) is 0 Å². The van der Waals surface area contributed by atoms with Crippen molar-refractivity contribution >= 4 is 5.97 Å². The Labute approximate surface area is 360 Å². The van der Waals surface area contributed by atoms with Gasteiger partial charge in [-0.1, -0.05) is 20.8 Å². The van der Waals surface area contributed by atoms with Gasteiger partial charge in [0.05, 0.1) is 41.5 Å². The second-order valence-electron chi connectivity index (χ2n) is 17.2. The maximum atomic E-state index is 14.2. The van der Waals surface area contributed by atoms with Crippen LogP contribution in [0.15, 0.2) is 0 Å². The summed E-state index contributed by atoms with van der Waals surface area (Å²) in [5, 5.41) is 58.1. The van der Waals surface area contributed by atoms with Crippen LogP contribution in [0.5, 0.6) is 0 Å². The van der Waals surface area contributed by atoms with Crippen LogP contribution in [-0.2, 0) is 33.2 Å². The number of cyclic esters (lactones) is 1. The Morgan fingerprint density at radius 3 is 2.09 bits per heavy atom. The molecular weight excluding hydrogens is 716 g/mol. The molecule has 3 fully saturated rings. The van der Waals surface area contributed by atoms with Crippen LogP contribution in [0.25, 0.3) is 0 Å². The topological polar surface area (TPSA) is 180 Å². The molecule has 0 saturated carbocycles. The number of carbonyl (C=O) groups excluding carboxylic acids is 1. The summed E-state index contributed by atoms with van der Waals surface area (Å²) in [4.78, 5) is 18.0. The van der Waals surface area contributed by atoms with Crippen LogP contribution in [-0.4, -0.2) is 166 Å². The Hall–Kier alpha value is 0.626. The van der Waals surface area contributed by atoms with Gasteiger partial charge in [-0.25, -0.2) is 0 Å². The third kappa shape index (κ3) is 11.6. The van der Waals surface area contributed by atoms with Gasteiger partial charge in [0.25, 0.3) is 0 Å². The van der Waals surface area contributed by atoms with Gasteiger partial charge in [0.15, 0.2) is 12.6 Å². The van der Waals surface area contributed by atoms with Gasteiger partial charge in [-0.3, -0.25) is 4.79 Å². The van der Waals surface area contributed by atoms with Crippen LogP contribution >= 0.6 is 0 Å². The summed E-state index contributed by atoms with van der Waals surface area (Å²) in [7, 11) is 7.12. The first-order valence-electron chi connectivity index (χ1n) is 19.1. The summed E-state index contributed by atoms with van der Waals surface area (Å²) in [5.74, 6) is -2.58. The van der Waals surface area contributed by atoms with Gasteiger partial charge >= 0.3 is 57.4 Å². The summed E-state index contributed by atoms with van der Waals surface area (Å²) in [6.07, 6.45) is -8.19. The monoisotopic (exact) mass is 787 g/mol. The molecule has 0 radical (unpaired) electrons. The number of aliphatic hydroxyl groups is 5. The molecule has 0 aliphatic carbocycles. The van der Waals surface area contributed by atoms with Crippen molar-refractivity contribution < 1.29 is 110 Å². The van der Waals surface area contributed by atoms with Crippen LogP contribution in [0.2, 0.25) is 0 Å². The largest absolute Gasteiger partial charge is 1.00 e. The van der Waals surface area contributed by atoms with E-state index in [1.54, 1.807) is 41.5 Å². The van der Waals surface area contributed by atoms with Crippen LogP contribution in [0.4, 0.5) is 0 Å². The summed E-state index contributed by atoms with van der Waals surface area (Å²) < 4.78 is 37.5. The standard InChI is InChI=1S/C38H72N2O12.K/c1-15-27-38(10,46)31(42)24(6)40(13)19-20(2)17-36(8,45)33(52-35-29(41)26(39(11)12)16-21(3)48-35)22(4)30(23(5)34(44)50-27)51-28-18-37(9,47-14)32(43)25(7)49-28;/h20-33,35,41-43,45-46H,15-19H2,1-14H3;/q;+1/t20-,21-,22+,23-,24-,25+,26+,27-,28+,29-,30+,31-,32+,33-,35+,36-,37-,38-;/m1./s1. The molecule has 0 spiro atoms. The molecule has 3 rings (SSSR count). The average molecular weight is 788 g/mol. The van der Waals surface area contributed by atoms with Gasteiger partial charge in [-0.05, 0) is 94.8 Å². The molecule has 0 unspecified atom stereocenters. The van der Waals surface area contributed by atoms with Gasteiger partial charge in [-0.2, -0.15) is 0 Å². The molecular formula is C38H72KN2O12+. The van der Waals surface area contributed by atoms with Gasteiger partial charge in [-0.15, -0.1) is 0 Å². The van der Waals surface area contributed by atoms with Crippen molar-refractivity contribution in [3.05, 3.63) is 0 Å². The molecule has 0 bridgehead atoms. The second-order valence-corrected chi connectivity index (χ2v) is 17.2. The number of likely N-dealkylation sites (N-methyl/N-ethyl adjacent to an activating group) is 2. The van der Waals surface area contributed by atoms with E-state index in [9.17, 15) is 30.3 Å². The first-order valence-corrected chi connectivity index (χ1v) is 19.1. The van der Waals surface area contributed by atoms with Crippen molar-refractivity contribution in [3.63, 3.8) is 0 Å². The first kappa shape index (κ1) is 49.8. The molecule has 14 nitrogen and oxygen atoms in total. The number of ether oxygens (including phenoxy) is 6. The number of carbonyl (C=O) groups is 1. The third-order valence-corrected chi connectivity index (χ3v) is 12.2. The quantitative estimate of drug-likeness (QED) is 0.155. The Morgan fingerprint density at radius 2 is 1.55 bits per heavy atom. The molecule has 0 amide bonds. The van der Waals surface area contributed by atoms with E-state index in [0.717, 1.165) is 0 Å². The molecule has 306 valence electrons. The van der Waals surface area contributed by atoms with E-state index in [0.29, 0.717) is 13.0 Å². The zero-order valence-corrected chi connectivity index (χ0v) is 38.3. The molecule has 53 heavy (non-hydrogen) atoms. The Balaban J connectivity index is 0.00000972. The fourth-order valence-corrected chi connectivity index (χ4v) is 8.74. The minimum atomic E-state index is -1.80. The van der Waals surface area contributed by atoms with E-state index in [-0.39, 0.29) is 88.7 Å². The molecule has 3 saturated heterocycles. The fraction of sp³-hybridized carbons (Fsp3) is 0.974.